The zero-order chi connectivity index (χ0) is 19.5. The lowest BCUT2D eigenvalue weighted by Crippen LogP contribution is -2.30. The summed E-state index contributed by atoms with van der Waals surface area (Å²) in [5.74, 6) is 1.72. The first kappa shape index (κ1) is 18.4. The molecule has 1 aliphatic heterocycles. The molecule has 2 aromatic carbocycles. The van der Waals surface area contributed by atoms with Crippen molar-refractivity contribution in [2.24, 2.45) is 0 Å². The molecule has 0 aliphatic carbocycles. The van der Waals surface area contributed by atoms with E-state index in [0.717, 1.165) is 29.0 Å². The Morgan fingerprint density at radius 1 is 1.32 bits per heavy atom. The fourth-order valence-corrected chi connectivity index (χ4v) is 3.59. The molecule has 2 amide bonds. The van der Waals surface area contributed by atoms with E-state index in [-0.39, 0.29) is 24.5 Å². The van der Waals surface area contributed by atoms with E-state index >= 15 is 0 Å². The van der Waals surface area contributed by atoms with Crippen molar-refractivity contribution in [1.82, 2.24) is 15.3 Å². The van der Waals surface area contributed by atoms with Crippen LogP contribution in [0.1, 0.15) is 28.6 Å². The number of carbonyl (C=O) groups excluding carboxylic acids is 2. The Morgan fingerprint density at radius 2 is 2.18 bits per heavy atom. The summed E-state index contributed by atoms with van der Waals surface area (Å²) in [6.07, 6.45) is 2.78. The Balaban J connectivity index is 1.57. The van der Waals surface area contributed by atoms with Gasteiger partial charge in [0.15, 0.2) is 6.61 Å². The number of para-hydroxylation sites is 2. The number of aromatic amines is 1. The van der Waals surface area contributed by atoms with Crippen molar-refractivity contribution in [2.75, 3.05) is 23.9 Å². The number of carbonyl (C=O) groups is 2. The number of thioether (sulfide) groups is 1. The highest BCUT2D eigenvalue weighted by Crippen LogP contribution is 2.29. The summed E-state index contributed by atoms with van der Waals surface area (Å²) in [6, 6.07) is 12.6. The van der Waals surface area contributed by atoms with Gasteiger partial charge in [0.25, 0.3) is 11.8 Å². The van der Waals surface area contributed by atoms with E-state index in [1.54, 1.807) is 30.0 Å². The Hall–Kier alpha value is -3.00. The van der Waals surface area contributed by atoms with Crippen molar-refractivity contribution in [1.29, 1.82) is 0 Å². The largest absolute Gasteiger partial charge is 0.482 e. The van der Waals surface area contributed by atoms with Gasteiger partial charge in [-0.05, 0) is 48.8 Å². The van der Waals surface area contributed by atoms with Crippen LogP contribution < -0.4 is 15.4 Å². The van der Waals surface area contributed by atoms with Gasteiger partial charge in [-0.1, -0.05) is 12.1 Å². The fourth-order valence-electron chi connectivity index (χ4n) is 3.12. The third kappa shape index (κ3) is 3.82. The SMILES string of the molecule is CSCC[C@H](NC(=O)c1ccc2c(c1)NC(=O)CO2)c1nc2ccccc2[nH]1. The van der Waals surface area contributed by atoms with Gasteiger partial charge in [-0.3, -0.25) is 9.59 Å². The second kappa shape index (κ2) is 7.93. The van der Waals surface area contributed by atoms with Gasteiger partial charge in [0.2, 0.25) is 0 Å². The highest BCUT2D eigenvalue weighted by Gasteiger charge is 2.21. The lowest BCUT2D eigenvalue weighted by atomic mass is 10.1. The number of anilines is 1. The third-order valence-electron chi connectivity index (χ3n) is 4.53. The maximum Gasteiger partial charge on any atom is 0.262 e. The molecular formula is C20H20N4O3S. The molecule has 0 radical (unpaired) electrons. The first-order valence-corrected chi connectivity index (χ1v) is 10.3. The van der Waals surface area contributed by atoms with Crippen LogP contribution in [0, 0.1) is 0 Å². The minimum Gasteiger partial charge on any atom is -0.482 e. The molecule has 0 saturated carbocycles. The molecular weight excluding hydrogens is 376 g/mol. The van der Waals surface area contributed by atoms with Crippen LogP contribution in [0.25, 0.3) is 11.0 Å². The van der Waals surface area contributed by atoms with Gasteiger partial charge in [0, 0.05) is 5.56 Å². The van der Waals surface area contributed by atoms with Crippen molar-refractivity contribution >= 4 is 40.3 Å². The van der Waals surface area contributed by atoms with Crippen LogP contribution >= 0.6 is 11.8 Å². The topological polar surface area (TPSA) is 96.1 Å². The van der Waals surface area contributed by atoms with Crippen LogP contribution in [0.5, 0.6) is 5.75 Å². The van der Waals surface area contributed by atoms with Gasteiger partial charge in [-0.25, -0.2) is 4.98 Å². The summed E-state index contributed by atoms with van der Waals surface area (Å²) in [5.41, 5.74) is 2.77. The number of imidazole rings is 1. The molecule has 0 spiro atoms. The molecule has 8 heteroatoms. The number of aromatic nitrogens is 2. The number of hydrogen-bond donors (Lipinski definition) is 3. The zero-order valence-corrected chi connectivity index (χ0v) is 16.1. The predicted octanol–water partition coefficient (Wildman–Crippen LogP) is 3.12. The van der Waals surface area contributed by atoms with Crippen LogP contribution in [0.4, 0.5) is 5.69 Å². The van der Waals surface area contributed by atoms with Crippen molar-refractivity contribution in [3.63, 3.8) is 0 Å². The summed E-state index contributed by atoms with van der Waals surface area (Å²) < 4.78 is 5.35. The summed E-state index contributed by atoms with van der Waals surface area (Å²) in [5, 5.41) is 5.79. The summed E-state index contributed by atoms with van der Waals surface area (Å²) in [6.45, 7) is -0.0125. The summed E-state index contributed by atoms with van der Waals surface area (Å²) >= 11 is 1.72. The van der Waals surface area contributed by atoms with E-state index in [1.807, 2.05) is 30.5 Å². The van der Waals surface area contributed by atoms with Crippen molar-refractivity contribution in [3.8, 4) is 5.75 Å². The molecule has 4 rings (SSSR count). The van der Waals surface area contributed by atoms with Gasteiger partial charge >= 0.3 is 0 Å². The number of ether oxygens (including phenoxy) is 1. The lowest BCUT2D eigenvalue weighted by Gasteiger charge is -2.20. The van der Waals surface area contributed by atoms with Crippen molar-refractivity contribution in [2.45, 2.75) is 12.5 Å². The van der Waals surface area contributed by atoms with E-state index in [1.165, 1.54) is 0 Å². The van der Waals surface area contributed by atoms with Crippen LogP contribution in [-0.2, 0) is 4.79 Å². The maximum absolute atomic E-state index is 12.9. The second-order valence-corrected chi connectivity index (χ2v) is 7.48. The number of nitrogens with one attached hydrogen (secondary N) is 3. The molecule has 1 aromatic heterocycles. The average Bonchev–Trinajstić information content (AvgIpc) is 3.14. The molecule has 0 saturated heterocycles. The molecule has 0 bridgehead atoms. The molecule has 28 heavy (non-hydrogen) atoms. The number of hydrogen-bond acceptors (Lipinski definition) is 5. The molecule has 2 heterocycles. The molecule has 3 aromatic rings. The Bertz CT molecular complexity index is 1000. The number of fused-ring (bicyclic) bond motifs is 2. The van der Waals surface area contributed by atoms with Gasteiger partial charge in [0.1, 0.15) is 11.6 Å². The van der Waals surface area contributed by atoms with Crippen molar-refractivity contribution < 1.29 is 14.3 Å². The molecule has 0 fully saturated rings. The van der Waals surface area contributed by atoms with Crippen LogP contribution in [0.3, 0.4) is 0 Å². The van der Waals surface area contributed by atoms with Crippen molar-refractivity contribution in [3.05, 3.63) is 53.9 Å². The van der Waals surface area contributed by atoms with Gasteiger partial charge in [-0.15, -0.1) is 0 Å². The average molecular weight is 396 g/mol. The molecule has 3 N–H and O–H groups in total. The van der Waals surface area contributed by atoms with E-state index < -0.39 is 0 Å². The van der Waals surface area contributed by atoms with E-state index in [2.05, 4.69) is 20.6 Å². The van der Waals surface area contributed by atoms with Gasteiger partial charge in [0.05, 0.1) is 22.8 Å². The molecule has 0 unspecified atom stereocenters. The zero-order valence-electron chi connectivity index (χ0n) is 15.3. The lowest BCUT2D eigenvalue weighted by molar-refractivity contribution is -0.118. The Kier molecular flexibility index (Phi) is 5.21. The summed E-state index contributed by atoms with van der Waals surface area (Å²) in [4.78, 5) is 32.3. The second-order valence-electron chi connectivity index (χ2n) is 6.49. The van der Waals surface area contributed by atoms with Crippen LogP contribution in [0.15, 0.2) is 42.5 Å². The number of amides is 2. The Labute approximate surface area is 166 Å². The molecule has 144 valence electrons. The Morgan fingerprint density at radius 3 is 3.00 bits per heavy atom. The predicted molar refractivity (Wildman–Crippen MR) is 110 cm³/mol. The number of nitrogens with zero attached hydrogens (tertiary/aromatic N) is 1. The highest BCUT2D eigenvalue weighted by molar-refractivity contribution is 7.98. The maximum atomic E-state index is 12.9. The minimum absolute atomic E-state index is 0.0125. The highest BCUT2D eigenvalue weighted by atomic mass is 32.2. The van der Waals surface area contributed by atoms with Crippen LogP contribution in [0.2, 0.25) is 0 Å². The minimum atomic E-state index is -0.241. The van der Waals surface area contributed by atoms with Gasteiger partial charge in [-0.2, -0.15) is 11.8 Å². The fraction of sp³-hybridized carbons (Fsp3) is 0.250. The summed E-state index contributed by atoms with van der Waals surface area (Å²) in [7, 11) is 0. The van der Waals surface area contributed by atoms with Crippen LogP contribution in [-0.4, -0.2) is 40.4 Å². The number of benzene rings is 2. The van der Waals surface area contributed by atoms with E-state index in [4.69, 9.17) is 4.74 Å². The van der Waals surface area contributed by atoms with E-state index in [0.29, 0.717) is 17.0 Å². The first-order chi connectivity index (χ1) is 13.6. The van der Waals surface area contributed by atoms with E-state index in [9.17, 15) is 9.59 Å². The number of rotatable bonds is 6. The molecule has 7 nitrogen and oxygen atoms in total. The molecule has 1 atom stereocenters. The smallest absolute Gasteiger partial charge is 0.262 e. The first-order valence-electron chi connectivity index (χ1n) is 8.95. The van der Waals surface area contributed by atoms with Gasteiger partial charge < -0.3 is 20.4 Å². The quantitative estimate of drug-likeness (QED) is 0.595. The standard InChI is InChI=1S/C20H20N4O3S/c1-28-9-8-15(19-22-13-4-2-3-5-14(13)23-19)24-20(26)12-6-7-17-16(10-12)21-18(25)11-27-17/h2-7,10,15H,8-9,11H2,1H3,(H,21,25)(H,22,23)(H,24,26)/t15-/m0/s1. The monoisotopic (exact) mass is 396 g/mol. The number of H-pyrrole nitrogens is 1. The molecule has 1 aliphatic rings. The third-order valence-corrected chi connectivity index (χ3v) is 5.17. The normalized spacial score (nSPS) is 14.1.